The van der Waals surface area contributed by atoms with Crippen LogP contribution in [0, 0.1) is 24.7 Å². The minimum Gasteiger partial charge on any atom is -0.497 e. The normalized spacial score (nSPS) is 35.4. The van der Waals surface area contributed by atoms with E-state index < -0.39 is 0 Å². The third-order valence-electron chi connectivity index (χ3n) is 6.06. The minimum atomic E-state index is 0.117. The second-order valence-electron chi connectivity index (χ2n) is 7.94. The number of hydrogen-bond donors (Lipinski definition) is 2. The predicted octanol–water partition coefficient (Wildman–Crippen LogP) is 3.70. The average Bonchev–Trinajstić information content (AvgIpc) is 2.47. The van der Waals surface area contributed by atoms with Gasteiger partial charge in [0.25, 0.3) is 0 Å². The molecule has 3 N–H and O–H groups in total. The quantitative estimate of drug-likeness (QED) is 0.661. The first kappa shape index (κ1) is 14.9. The number of nitrogens with one attached hydrogen (secondary N) is 1. The van der Waals surface area contributed by atoms with Crippen molar-refractivity contribution in [1.29, 1.82) is 0 Å². The molecule has 1 aromatic rings. The Hall–Kier alpha value is -1.71. The van der Waals surface area contributed by atoms with Gasteiger partial charge in [0.1, 0.15) is 5.75 Å². The molecule has 124 valence electrons. The van der Waals surface area contributed by atoms with Crippen molar-refractivity contribution in [3.05, 3.63) is 23.8 Å². The largest absolute Gasteiger partial charge is 0.497 e. The summed E-state index contributed by atoms with van der Waals surface area (Å²) in [5.41, 5.74) is 8.52. The first-order valence-electron chi connectivity index (χ1n) is 8.82. The lowest BCUT2D eigenvalue weighted by Gasteiger charge is -2.54. The Morgan fingerprint density at radius 1 is 1.17 bits per heavy atom. The molecule has 4 bridgehead atoms. The molecule has 4 nitrogen and oxygen atoms in total. The number of aliphatic imine (C=N–C) groups is 1. The zero-order valence-corrected chi connectivity index (χ0v) is 14.1. The molecule has 0 atom stereocenters. The lowest BCUT2D eigenvalue weighted by Crippen LogP contribution is -2.50. The van der Waals surface area contributed by atoms with E-state index in [1.165, 1.54) is 38.5 Å². The van der Waals surface area contributed by atoms with Gasteiger partial charge in [-0.2, -0.15) is 0 Å². The number of guanidine groups is 1. The van der Waals surface area contributed by atoms with E-state index in [9.17, 15) is 0 Å². The van der Waals surface area contributed by atoms with Crippen LogP contribution in [-0.2, 0) is 0 Å². The number of methoxy groups -OCH3 is 1. The molecule has 4 fully saturated rings. The minimum absolute atomic E-state index is 0.117. The Balaban J connectivity index is 1.53. The van der Waals surface area contributed by atoms with Gasteiger partial charge in [0, 0.05) is 5.69 Å². The van der Waals surface area contributed by atoms with Crippen molar-refractivity contribution in [3.63, 3.8) is 0 Å². The molecule has 0 amide bonds. The highest BCUT2D eigenvalue weighted by Crippen LogP contribution is 2.57. The van der Waals surface area contributed by atoms with Crippen LogP contribution < -0.4 is 15.8 Å². The number of benzene rings is 1. The first-order chi connectivity index (χ1) is 11.0. The lowest BCUT2D eigenvalue weighted by molar-refractivity contribution is 0.00163. The van der Waals surface area contributed by atoms with Crippen LogP contribution in [0.2, 0.25) is 0 Å². The summed E-state index contributed by atoms with van der Waals surface area (Å²) in [5, 5.41) is 3.31. The molecule has 0 unspecified atom stereocenters. The number of rotatable bonds is 3. The summed E-state index contributed by atoms with van der Waals surface area (Å²) in [4.78, 5) is 5.00. The summed E-state index contributed by atoms with van der Waals surface area (Å²) in [6.45, 7) is 2.06. The van der Waals surface area contributed by atoms with E-state index in [-0.39, 0.29) is 5.54 Å². The molecule has 0 aromatic heterocycles. The van der Waals surface area contributed by atoms with Crippen LogP contribution in [0.25, 0.3) is 0 Å². The van der Waals surface area contributed by atoms with Crippen LogP contribution >= 0.6 is 0 Å². The molecule has 0 spiro atoms. The van der Waals surface area contributed by atoms with Gasteiger partial charge in [0.2, 0.25) is 0 Å². The van der Waals surface area contributed by atoms with Crippen LogP contribution in [0.5, 0.6) is 5.75 Å². The standard InChI is InChI=1S/C19H27N3O/c1-12-5-16(23-2)3-4-17(12)21-18(20)22-19-9-13-6-14(10-19)8-15(7-13)11-19/h3-5,13-15H,6-11H2,1-2H3,(H3,20,21,22). The van der Waals surface area contributed by atoms with Gasteiger partial charge in [0.05, 0.1) is 12.6 Å². The SMILES string of the molecule is COc1ccc(NC(N)=NC23CC4CC(CC(C4)C2)C3)c(C)c1. The van der Waals surface area contributed by atoms with Crippen LogP contribution in [0.4, 0.5) is 5.69 Å². The van der Waals surface area contributed by atoms with Crippen LogP contribution in [0.15, 0.2) is 23.2 Å². The van der Waals surface area contributed by atoms with Crippen LogP contribution in [0.3, 0.4) is 0 Å². The topological polar surface area (TPSA) is 59.6 Å². The summed E-state index contributed by atoms with van der Waals surface area (Å²) < 4.78 is 5.26. The van der Waals surface area contributed by atoms with E-state index in [1.54, 1.807) is 7.11 Å². The van der Waals surface area contributed by atoms with Crippen molar-refractivity contribution in [1.82, 2.24) is 0 Å². The van der Waals surface area contributed by atoms with Crippen LogP contribution in [-0.4, -0.2) is 18.6 Å². The van der Waals surface area contributed by atoms with Gasteiger partial charge in [-0.25, -0.2) is 4.99 Å². The molecule has 23 heavy (non-hydrogen) atoms. The van der Waals surface area contributed by atoms with E-state index in [0.29, 0.717) is 5.96 Å². The van der Waals surface area contributed by atoms with Crippen molar-refractivity contribution in [2.45, 2.75) is 51.0 Å². The maximum absolute atomic E-state index is 6.27. The Bertz CT molecular complexity index is 602. The van der Waals surface area contributed by atoms with Gasteiger partial charge in [-0.3, -0.25) is 0 Å². The molecule has 0 heterocycles. The maximum Gasteiger partial charge on any atom is 0.193 e. The Morgan fingerprint density at radius 2 is 1.78 bits per heavy atom. The van der Waals surface area contributed by atoms with Gasteiger partial charge in [-0.15, -0.1) is 0 Å². The third kappa shape index (κ3) is 2.79. The number of hydrogen-bond acceptors (Lipinski definition) is 2. The van der Waals surface area contributed by atoms with E-state index in [0.717, 1.165) is 34.8 Å². The molecule has 0 aliphatic heterocycles. The van der Waals surface area contributed by atoms with Crippen molar-refractivity contribution in [2.24, 2.45) is 28.5 Å². The highest BCUT2D eigenvalue weighted by molar-refractivity contribution is 5.93. The fourth-order valence-electron chi connectivity index (χ4n) is 5.53. The van der Waals surface area contributed by atoms with Crippen molar-refractivity contribution < 1.29 is 4.74 Å². The van der Waals surface area contributed by atoms with Crippen molar-refractivity contribution in [3.8, 4) is 5.75 Å². The average molecular weight is 313 g/mol. The Labute approximate surface area is 138 Å². The number of aryl methyl sites for hydroxylation is 1. The summed E-state index contributed by atoms with van der Waals surface area (Å²) in [6.07, 6.45) is 8.01. The Kier molecular flexibility index (Phi) is 3.51. The molecule has 5 rings (SSSR count). The predicted molar refractivity (Wildman–Crippen MR) is 93.9 cm³/mol. The van der Waals surface area contributed by atoms with E-state index in [2.05, 4.69) is 12.2 Å². The molecule has 4 aliphatic rings. The highest BCUT2D eigenvalue weighted by atomic mass is 16.5. The zero-order valence-electron chi connectivity index (χ0n) is 14.1. The maximum atomic E-state index is 6.27. The van der Waals surface area contributed by atoms with Gasteiger partial charge in [-0.1, -0.05) is 0 Å². The van der Waals surface area contributed by atoms with Gasteiger partial charge in [-0.05, 0) is 87.0 Å². The second-order valence-corrected chi connectivity index (χ2v) is 7.94. The van der Waals surface area contributed by atoms with E-state index in [4.69, 9.17) is 15.5 Å². The molecular weight excluding hydrogens is 286 g/mol. The first-order valence-corrected chi connectivity index (χ1v) is 8.82. The number of nitrogens with zero attached hydrogens (tertiary/aromatic N) is 1. The Morgan fingerprint density at radius 3 is 2.30 bits per heavy atom. The number of ether oxygens (including phenoxy) is 1. The number of anilines is 1. The monoisotopic (exact) mass is 313 g/mol. The fraction of sp³-hybridized carbons (Fsp3) is 0.632. The molecular formula is C19H27N3O. The van der Waals surface area contributed by atoms with Crippen LogP contribution in [0.1, 0.15) is 44.1 Å². The molecule has 4 heteroatoms. The summed E-state index contributed by atoms with van der Waals surface area (Å²) >= 11 is 0. The summed E-state index contributed by atoms with van der Waals surface area (Å²) in [6, 6.07) is 5.98. The smallest absolute Gasteiger partial charge is 0.193 e. The van der Waals surface area contributed by atoms with Crippen molar-refractivity contribution in [2.75, 3.05) is 12.4 Å². The zero-order chi connectivity index (χ0) is 16.0. The van der Waals surface area contributed by atoms with E-state index >= 15 is 0 Å². The molecule has 4 aliphatic carbocycles. The van der Waals surface area contributed by atoms with Crippen molar-refractivity contribution >= 4 is 11.6 Å². The summed E-state index contributed by atoms with van der Waals surface area (Å²) in [7, 11) is 1.69. The lowest BCUT2D eigenvalue weighted by atomic mass is 9.53. The molecule has 1 aromatic carbocycles. The molecule has 0 radical (unpaired) electrons. The van der Waals surface area contributed by atoms with Gasteiger partial charge >= 0.3 is 0 Å². The third-order valence-corrected chi connectivity index (χ3v) is 6.06. The fourth-order valence-corrected chi connectivity index (χ4v) is 5.53. The highest BCUT2D eigenvalue weighted by Gasteiger charge is 2.51. The second kappa shape index (κ2) is 5.43. The van der Waals surface area contributed by atoms with Gasteiger partial charge in [0.15, 0.2) is 5.96 Å². The molecule has 0 saturated heterocycles. The van der Waals surface area contributed by atoms with Gasteiger partial charge < -0.3 is 15.8 Å². The van der Waals surface area contributed by atoms with E-state index in [1.807, 2.05) is 18.2 Å². The number of nitrogens with two attached hydrogens (primary N) is 1. The molecule has 4 saturated carbocycles. The summed E-state index contributed by atoms with van der Waals surface area (Å²) in [5.74, 6) is 4.10.